The standard InChI is InChI=1S/C15H15N3S/c1-2-11-5-3-4-6-12(11)9-16-14-13-7-8-19-15(13)18-10-17-14/h3-8,10H,2,9H2,1H3,(H,16,17,18). The Balaban J connectivity index is 1.84. The van der Waals surface area contributed by atoms with Gasteiger partial charge in [-0.05, 0) is 29.0 Å². The molecular formula is C15H15N3S. The van der Waals surface area contributed by atoms with E-state index < -0.39 is 0 Å². The summed E-state index contributed by atoms with van der Waals surface area (Å²) >= 11 is 1.64. The maximum absolute atomic E-state index is 4.33. The second-order valence-electron chi connectivity index (χ2n) is 4.34. The molecule has 0 unspecified atom stereocenters. The van der Waals surface area contributed by atoms with Gasteiger partial charge in [0.05, 0.1) is 5.39 Å². The Morgan fingerprint density at radius 3 is 2.79 bits per heavy atom. The average molecular weight is 269 g/mol. The van der Waals surface area contributed by atoms with E-state index >= 15 is 0 Å². The van der Waals surface area contributed by atoms with Gasteiger partial charge in [0, 0.05) is 6.54 Å². The monoisotopic (exact) mass is 269 g/mol. The molecule has 3 nitrogen and oxygen atoms in total. The number of nitrogens with one attached hydrogen (secondary N) is 1. The quantitative estimate of drug-likeness (QED) is 0.781. The molecular weight excluding hydrogens is 254 g/mol. The Morgan fingerprint density at radius 2 is 1.95 bits per heavy atom. The molecule has 2 heterocycles. The summed E-state index contributed by atoms with van der Waals surface area (Å²) in [5.74, 6) is 0.914. The zero-order valence-corrected chi connectivity index (χ0v) is 11.6. The predicted octanol–water partition coefficient (Wildman–Crippen LogP) is 3.87. The highest BCUT2D eigenvalue weighted by molar-refractivity contribution is 7.16. The lowest BCUT2D eigenvalue weighted by atomic mass is 10.1. The zero-order valence-electron chi connectivity index (χ0n) is 10.8. The number of hydrogen-bond acceptors (Lipinski definition) is 4. The van der Waals surface area contributed by atoms with Gasteiger partial charge in [0.15, 0.2) is 0 Å². The van der Waals surface area contributed by atoms with Gasteiger partial charge in [-0.15, -0.1) is 11.3 Å². The van der Waals surface area contributed by atoms with Gasteiger partial charge in [0.2, 0.25) is 0 Å². The van der Waals surface area contributed by atoms with Crippen molar-refractivity contribution in [2.24, 2.45) is 0 Å². The lowest BCUT2D eigenvalue weighted by molar-refractivity contribution is 1.03. The van der Waals surface area contributed by atoms with Gasteiger partial charge in [0.25, 0.3) is 0 Å². The van der Waals surface area contributed by atoms with Crippen LogP contribution in [-0.2, 0) is 13.0 Å². The molecule has 0 aliphatic heterocycles. The van der Waals surface area contributed by atoms with E-state index in [2.05, 4.69) is 52.5 Å². The summed E-state index contributed by atoms with van der Waals surface area (Å²) < 4.78 is 0. The fourth-order valence-electron chi connectivity index (χ4n) is 2.18. The first-order valence-corrected chi connectivity index (χ1v) is 7.25. The number of benzene rings is 1. The van der Waals surface area contributed by atoms with Crippen LogP contribution in [-0.4, -0.2) is 9.97 Å². The molecule has 1 aromatic carbocycles. The van der Waals surface area contributed by atoms with E-state index in [0.717, 1.165) is 29.0 Å². The van der Waals surface area contributed by atoms with Crippen molar-refractivity contribution in [3.05, 3.63) is 53.2 Å². The summed E-state index contributed by atoms with van der Waals surface area (Å²) in [5, 5.41) is 6.57. The summed E-state index contributed by atoms with van der Waals surface area (Å²) in [6.45, 7) is 2.98. The van der Waals surface area contributed by atoms with E-state index in [-0.39, 0.29) is 0 Å². The Labute approximate surface area is 116 Å². The van der Waals surface area contributed by atoms with Crippen LogP contribution in [0.1, 0.15) is 18.1 Å². The van der Waals surface area contributed by atoms with E-state index in [1.165, 1.54) is 11.1 Å². The fourth-order valence-corrected chi connectivity index (χ4v) is 2.92. The van der Waals surface area contributed by atoms with Gasteiger partial charge in [-0.3, -0.25) is 0 Å². The number of anilines is 1. The molecule has 19 heavy (non-hydrogen) atoms. The molecule has 0 amide bonds. The van der Waals surface area contributed by atoms with Crippen molar-refractivity contribution in [3.8, 4) is 0 Å². The molecule has 0 spiro atoms. The molecule has 0 saturated carbocycles. The van der Waals surface area contributed by atoms with Crippen molar-refractivity contribution in [2.45, 2.75) is 19.9 Å². The molecule has 0 saturated heterocycles. The summed E-state index contributed by atoms with van der Waals surface area (Å²) in [6, 6.07) is 10.6. The first kappa shape index (κ1) is 12.1. The molecule has 96 valence electrons. The summed E-state index contributed by atoms with van der Waals surface area (Å²) in [4.78, 5) is 9.62. The van der Waals surface area contributed by atoms with Crippen LogP contribution in [0.5, 0.6) is 0 Å². The largest absolute Gasteiger partial charge is 0.365 e. The Kier molecular flexibility index (Phi) is 3.42. The second kappa shape index (κ2) is 5.36. The number of aryl methyl sites for hydroxylation is 1. The van der Waals surface area contributed by atoms with Gasteiger partial charge < -0.3 is 5.32 Å². The minimum atomic E-state index is 0.798. The molecule has 0 radical (unpaired) electrons. The van der Waals surface area contributed by atoms with E-state index in [1.54, 1.807) is 17.7 Å². The van der Waals surface area contributed by atoms with Gasteiger partial charge in [-0.25, -0.2) is 9.97 Å². The van der Waals surface area contributed by atoms with E-state index in [0.29, 0.717) is 0 Å². The molecule has 4 heteroatoms. The highest BCUT2D eigenvalue weighted by atomic mass is 32.1. The molecule has 0 aliphatic carbocycles. The SMILES string of the molecule is CCc1ccccc1CNc1ncnc2sccc12. The molecule has 0 bridgehead atoms. The summed E-state index contributed by atoms with van der Waals surface area (Å²) in [6.07, 6.45) is 2.67. The highest BCUT2D eigenvalue weighted by Gasteiger charge is 2.05. The van der Waals surface area contributed by atoms with Gasteiger partial charge in [0.1, 0.15) is 17.0 Å². The van der Waals surface area contributed by atoms with Crippen LogP contribution in [0.15, 0.2) is 42.0 Å². The maximum Gasteiger partial charge on any atom is 0.138 e. The fraction of sp³-hybridized carbons (Fsp3) is 0.200. The molecule has 2 aromatic heterocycles. The van der Waals surface area contributed by atoms with Crippen LogP contribution in [0.2, 0.25) is 0 Å². The average Bonchev–Trinajstić information content (AvgIpc) is 2.94. The van der Waals surface area contributed by atoms with Crippen LogP contribution in [0, 0.1) is 0 Å². The van der Waals surface area contributed by atoms with Gasteiger partial charge >= 0.3 is 0 Å². The molecule has 0 atom stereocenters. The van der Waals surface area contributed by atoms with Crippen molar-refractivity contribution in [2.75, 3.05) is 5.32 Å². The van der Waals surface area contributed by atoms with Crippen LogP contribution >= 0.6 is 11.3 Å². The third-order valence-electron chi connectivity index (χ3n) is 3.21. The second-order valence-corrected chi connectivity index (χ2v) is 5.23. The lowest BCUT2D eigenvalue weighted by Gasteiger charge is -2.10. The number of hydrogen-bond donors (Lipinski definition) is 1. The minimum Gasteiger partial charge on any atom is -0.365 e. The van der Waals surface area contributed by atoms with Gasteiger partial charge in [-0.1, -0.05) is 31.2 Å². The van der Waals surface area contributed by atoms with Crippen LogP contribution < -0.4 is 5.32 Å². The van der Waals surface area contributed by atoms with Crippen molar-refractivity contribution in [1.29, 1.82) is 0 Å². The van der Waals surface area contributed by atoms with Crippen LogP contribution in [0.3, 0.4) is 0 Å². The highest BCUT2D eigenvalue weighted by Crippen LogP contribution is 2.24. The Morgan fingerprint density at radius 1 is 1.11 bits per heavy atom. The van der Waals surface area contributed by atoms with Crippen molar-refractivity contribution < 1.29 is 0 Å². The number of nitrogens with zero attached hydrogens (tertiary/aromatic N) is 2. The van der Waals surface area contributed by atoms with Crippen molar-refractivity contribution in [3.63, 3.8) is 0 Å². The van der Waals surface area contributed by atoms with E-state index in [9.17, 15) is 0 Å². The topological polar surface area (TPSA) is 37.8 Å². The maximum atomic E-state index is 4.33. The smallest absolute Gasteiger partial charge is 0.138 e. The number of thiophene rings is 1. The number of fused-ring (bicyclic) bond motifs is 1. The van der Waals surface area contributed by atoms with E-state index in [4.69, 9.17) is 0 Å². The lowest BCUT2D eigenvalue weighted by Crippen LogP contribution is -2.04. The number of aromatic nitrogens is 2. The van der Waals surface area contributed by atoms with Crippen LogP contribution in [0.25, 0.3) is 10.2 Å². The Hall–Kier alpha value is -1.94. The first-order valence-electron chi connectivity index (χ1n) is 6.37. The van der Waals surface area contributed by atoms with E-state index in [1.807, 2.05) is 5.38 Å². The minimum absolute atomic E-state index is 0.798. The predicted molar refractivity (Wildman–Crippen MR) is 80.6 cm³/mol. The zero-order chi connectivity index (χ0) is 13.1. The van der Waals surface area contributed by atoms with Crippen LogP contribution in [0.4, 0.5) is 5.82 Å². The summed E-state index contributed by atoms with van der Waals surface area (Å²) in [5.41, 5.74) is 2.71. The third kappa shape index (κ3) is 2.44. The molecule has 1 N–H and O–H groups in total. The first-order chi connectivity index (χ1) is 9.38. The third-order valence-corrected chi connectivity index (χ3v) is 4.03. The van der Waals surface area contributed by atoms with Gasteiger partial charge in [-0.2, -0.15) is 0 Å². The summed E-state index contributed by atoms with van der Waals surface area (Å²) in [7, 11) is 0. The number of rotatable bonds is 4. The normalized spacial score (nSPS) is 10.8. The van der Waals surface area contributed by atoms with Crippen molar-refractivity contribution in [1.82, 2.24) is 9.97 Å². The molecule has 3 rings (SSSR count). The molecule has 3 aromatic rings. The Bertz CT molecular complexity index is 690. The molecule has 0 aliphatic rings. The molecule has 0 fully saturated rings. The van der Waals surface area contributed by atoms with Crippen molar-refractivity contribution >= 4 is 27.4 Å².